The fourth-order valence-electron chi connectivity index (χ4n) is 2.14. The van der Waals surface area contributed by atoms with Gasteiger partial charge in [0, 0.05) is 17.5 Å². The molecule has 0 spiro atoms. The average molecular weight is 326 g/mol. The Hall–Kier alpha value is -2.53. The van der Waals surface area contributed by atoms with Crippen molar-refractivity contribution in [3.05, 3.63) is 77.1 Å². The van der Waals surface area contributed by atoms with E-state index in [1.54, 1.807) is 12.1 Å². The van der Waals surface area contributed by atoms with Crippen LogP contribution in [0.25, 0.3) is 10.6 Å². The second-order valence-electron chi connectivity index (χ2n) is 5.09. The molecule has 0 saturated heterocycles. The molecule has 0 saturated carbocycles. The van der Waals surface area contributed by atoms with Crippen LogP contribution in [-0.2, 0) is 17.8 Å². The Labute approximate surface area is 137 Å². The number of carbonyl (C=O) groups excluding carboxylic acids is 1. The van der Waals surface area contributed by atoms with Crippen LogP contribution in [0.5, 0.6) is 0 Å². The zero-order chi connectivity index (χ0) is 16.1. The molecule has 1 amide bonds. The number of nitrogens with zero attached hydrogens (tertiary/aromatic N) is 1. The molecule has 1 aromatic heterocycles. The smallest absolute Gasteiger partial charge is 0.226 e. The molecule has 0 atom stereocenters. The second-order valence-corrected chi connectivity index (χ2v) is 5.95. The van der Waals surface area contributed by atoms with Crippen LogP contribution in [0.15, 0.2) is 60.0 Å². The average Bonchev–Trinajstić information content (AvgIpc) is 3.03. The van der Waals surface area contributed by atoms with E-state index in [2.05, 4.69) is 10.3 Å². The van der Waals surface area contributed by atoms with Crippen LogP contribution in [-0.4, -0.2) is 10.9 Å². The Kier molecular flexibility index (Phi) is 4.78. The van der Waals surface area contributed by atoms with Crippen molar-refractivity contribution in [3.8, 4) is 10.6 Å². The molecule has 1 heterocycles. The molecule has 0 aliphatic rings. The lowest BCUT2D eigenvalue weighted by atomic mass is 10.2. The van der Waals surface area contributed by atoms with Gasteiger partial charge in [-0.1, -0.05) is 30.3 Å². The topological polar surface area (TPSA) is 42.0 Å². The molecular weight excluding hydrogens is 311 g/mol. The minimum absolute atomic E-state index is 0.0650. The van der Waals surface area contributed by atoms with Gasteiger partial charge in [0.05, 0.1) is 12.1 Å². The quantitative estimate of drug-likeness (QED) is 0.775. The van der Waals surface area contributed by atoms with Crippen molar-refractivity contribution in [2.45, 2.75) is 13.0 Å². The summed E-state index contributed by atoms with van der Waals surface area (Å²) in [5, 5.41) is 5.53. The van der Waals surface area contributed by atoms with E-state index in [0.29, 0.717) is 6.54 Å². The van der Waals surface area contributed by atoms with Gasteiger partial charge >= 0.3 is 0 Å². The summed E-state index contributed by atoms with van der Waals surface area (Å²) in [5.41, 5.74) is 2.64. The summed E-state index contributed by atoms with van der Waals surface area (Å²) in [6, 6.07) is 15.9. The first-order valence-electron chi connectivity index (χ1n) is 7.22. The molecule has 3 aromatic rings. The molecule has 0 aliphatic carbocycles. The van der Waals surface area contributed by atoms with Crippen molar-refractivity contribution in [1.82, 2.24) is 10.3 Å². The van der Waals surface area contributed by atoms with Gasteiger partial charge < -0.3 is 5.32 Å². The van der Waals surface area contributed by atoms with Gasteiger partial charge in [-0.25, -0.2) is 9.37 Å². The Morgan fingerprint density at radius 2 is 1.83 bits per heavy atom. The zero-order valence-corrected chi connectivity index (χ0v) is 13.1. The molecule has 23 heavy (non-hydrogen) atoms. The Morgan fingerprint density at radius 1 is 1.09 bits per heavy atom. The van der Waals surface area contributed by atoms with E-state index in [-0.39, 0.29) is 18.1 Å². The third-order valence-electron chi connectivity index (χ3n) is 3.32. The highest BCUT2D eigenvalue weighted by Crippen LogP contribution is 2.24. The predicted molar refractivity (Wildman–Crippen MR) is 89.5 cm³/mol. The molecule has 0 radical (unpaired) electrons. The Bertz CT molecular complexity index is 784. The van der Waals surface area contributed by atoms with Gasteiger partial charge in [-0.3, -0.25) is 4.79 Å². The van der Waals surface area contributed by atoms with Gasteiger partial charge in [0.25, 0.3) is 0 Å². The highest BCUT2D eigenvalue weighted by Gasteiger charge is 2.09. The number of benzene rings is 2. The van der Waals surface area contributed by atoms with Gasteiger partial charge in [-0.15, -0.1) is 11.3 Å². The van der Waals surface area contributed by atoms with Crippen LogP contribution in [0, 0.1) is 5.82 Å². The predicted octanol–water partition coefficient (Wildman–Crippen LogP) is 3.81. The Balaban J connectivity index is 1.58. The summed E-state index contributed by atoms with van der Waals surface area (Å²) < 4.78 is 12.9. The molecule has 1 N–H and O–H groups in total. The summed E-state index contributed by atoms with van der Waals surface area (Å²) >= 11 is 1.45. The van der Waals surface area contributed by atoms with Crippen molar-refractivity contribution < 1.29 is 9.18 Å². The van der Waals surface area contributed by atoms with E-state index >= 15 is 0 Å². The molecule has 0 aliphatic heterocycles. The van der Waals surface area contributed by atoms with E-state index in [1.165, 1.54) is 23.5 Å². The molecule has 3 nitrogen and oxygen atoms in total. The van der Waals surface area contributed by atoms with Crippen molar-refractivity contribution in [2.75, 3.05) is 0 Å². The number of nitrogens with one attached hydrogen (secondary N) is 1. The van der Waals surface area contributed by atoms with Crippen LogP contribution in [0.4, 0.5) is 4.39 Å². The van der Waals surface area contributed by atoms with Crippen molar-refractivity contribution in [3.63, 3.8) is 0 Å². The molecule has 0 unspecified atom stereocenters. The van der Waals surface area contributed by atoms with E-state index in [4.69, 9.17) is 0 Å². The number of carbonyl (C=O) groups is 1. The highest BCUT2D eigenvalue weighted by molar-refractivity contribution is 7.13. The number of halogens is 1. The minimum Gasteiger partial charge on any atom is -0.352 e. The summed E-state index contributed by atoms with van der Waals surface area (Å²) in [4.78, 5) is 16.4. The van der Waals surface area contributed by atoms with Crippen LogP contribution < -0.4 is 5.32 Å². The van der Waals surface area contributed by atoms with E-state index in [9.17, 15) is 9.18 Å². The van der Waals surface area contributed by atoms with E-state index < -0.39 is 0 Å². The number of aromatic nitrogens is 1. The second kappa shape index (κ2) is 7.15. The van der Waals surface area contributed by atoms with Crippen LogP contribution in [0.3, 0.4) is 0 Å². The Morgan fingerprint density at radius 3 is 2.57 bits per heavy atom. The first kappa shape index (κ1) is 15.4. The summed E-state index contributed by atoms with van der Waals surface area (Å²) in [7, 11) is 0. The van der Waals surface area contributed by atoms with Gasteiger partial charge in [0.15, 0.2) is 0 Å². The first-order chi connectivity index (χ1) is 11.2. The lowest BCUT2D eigenvalue weighted by Crippen LogP contribution is -2.24. The first-order valence-corrected chi connectivity index (χ1v) is 8.09. The zero-order valence-electron chi connectivity index (χ0n) is 12.3. The summed E-state index contributed by atoms with van der Waals surface area (Å²) in [6.45, 7) is 0.509. The minimum atomic E-state index is -0.272. The maximum Gasteiger partial charge on any atom is 0.226 e. The maximum absolute atomic E-state index is 12.9. The fourth-order valence-corrected chi connectivity index (χ4v) is 2.96. The SMILES string of the molecule is O=C(Cc1csc(-c2ccc(F)cc2)n1)NCc1ccccc1. The molecule has 0 bridgehead atoms. The lowest BCUT2D eigenvalue weighted by Gasteiger charge is -2.03. The van der Waals surface area contributed by atoms with E-state index in [0.717, 1.165) is 21.8 Å². The lowest BCUT2D eigenvalue weighted by molar-refractivity contribution is -0.120. The normalized spacial score (nSPS) is 10.5. The van der Waals surface area contributed by atoms with E-state index in [1.807, 2.05) is 35.7 Å². The number of rotatable bonds is 5. The van der Waals surface area contributed by atoms with Gasteiger partial charge in [0.2, 0.25) is 5.91 Å². The molecule has 3 rings (SSSR count). The largest absolute Gasteiger partial charge is 0.352 e. The van der Waals surface area contributed by atoms with Crippen molar-refractivity contribution in [1.29, 1.82) is 0 Å². The monoisotopic (exact) mass is 326 g/mol. The van der Waals surface area contributed by atoms with Crippen molar-refractivity contribution >= 4 is 17.2 Å². The molecule has 5 heteroatoms. The maximum atomic E-state index is 12.9. The van der Waals surface area contributed by atoms with Gasteiger partial charge in [-0.05, 0) is 29.8 Å². The van der Waals surface area contributed by atoms with Crippen LogP contribution in [0.1, 0.15) is 11.3 Å². The van der Waals surface area contributed by atoms with Crippen LogP contribution >= 0.6 is 11.3 Å². The molecule has 0 fully saturated rings. The van der Waals surface area contributed by atoms with Crippen molar-refractivity contribution in [2.24, 2.45) is 0 Å². The fraction of sp³-hybridized carbons (Fsp3) is 0.111. The number of hydrogen-bond donors (Lipinski definition) is 1. The highest BCUT2D eigenvalue weighted by atomic mass is 32.1. The van der Waals surface area contributed by atoms with Gasteiger partial charge in [-0.2, -0.15) is 0 Å². The third kappa shape index (κ3) is 4.23. The standard InChI is InChI=1S/C18H15FN2OS/c19-15-8-6-14(7-9-15)18-21-16(12-23-18)10-17(22)20-11-13-4-2-1-3-5-13/h1-9,12H,10-11H2,(H,20,22). The molecular formula is C18H15FN2OS. The summed E-state index contributed by atoms with van der Waals surface area (Å²) in [5.74, 6) is -0.337. The third-order valence-corrected chi connectivity index (χ3v) is 4.26. The number of thiazole rings is 1. The molecule has 116 valence electrons. The van der Waals surface area contributed by atoms with Crippen LogP contribution in [0.2, 0.25) is 0 Å². The molecule has 2 aromatic carbocycles. The summed E-state index contributed by atoms with van der Waals surface area (Å²) in [6.07, 6.45) is 0.241. The van der Waals surface area contributed by atoms with Gasteiger partial charge in [0.1, 0.15) is 10.8 Å². The number of hydrogen-bond acceptors (Lipinski definition) is 3. The number of amides is 1.